The summed E-state index contributed by atoms with van der Waals surface area (Å²) in [6, 6.07) is 8.77. The second-order valence-electron chi connectivity index (χ2n) is 3.99. The van der Waals surface area contributed by atoms with E-state index in [1.165, 1.54) is 16.7 Å². The van der Waals surface area contributed by atoms with Crippen LogP contribution in [0.5, 0.6) is 0 Å². The summed E-state index contributed by atoms with van der Waals surface area (Å²) in [7, 11) is 1.55. The molecule has 0 amide bonds. The maximum absolute atomic E-state index is 13.0. The average molecular weight is 299 g/mol. The van der Waals surface area contributed by atoms with Gasteiger partial charge in [0.05, 0.1) is 0 Å². The van der Waals surface area contributed by atoms with E-state index in [9.17, 15) is 13.2 Å². The smallest absolute Gasteiger partial charge is 0.329 e. The molecule has 2 aromatic rings. The fraction of sp³-hybridized carbons (Fsp3) is 0.231. The van der Waals surface area contributed by atoms with Crippen molar-refractivity contribution in [2.45, 2.75) is 11.3 Å². The number of alkyl halides is 3. The Morgan fingerprint density at radius 2 is 1.80 bits per heavy atom. The molecule has 0 saturated carbocycles. The molecule has 1 aromatic carbocycles. The Morgan fingerprint density at radius 1 is 1.15 bits per heavy atom. The van der Waals surface area contributed by atoms with E-state index in [0.717, 1.165) is 6.20 Å². The first kappa shape index (κ1) is 14.6. The molecule has 20 heavy (non-hydrogen) atoms. The highest BCUT2D eigenvalue weighted by Gasteiger charge is 2.36. The highest BCUT2D eigenvalue weighted by Crippen LogP contribution is 2.37. The van der Waals surface area contributed by atoms with Crippen LogP contribution < -0.4 is 4.90 Å². The lowest BCUT2D eigenvalue weighted by atomic mass is 10.2. The fourth-order valence-corrected chi connectivity index (χ4v) is 2.02. The molecule has 0 fully saturated rings. The number of para-hydroxylation sites is 1. The summed E-state index contributed by atoms with van der Waals surface area (Å²) in [5.41, 5.74) is -0.217. The van der Waals surface area contributed by atoms with Crippen molar-refractivity contribution >= 4 is 23.3 Å². The van der Waals surface area contributed by atoms with Crippen molar-refractivity contribution in [3.63, 3.8) is 0 Å². The topological polar surface area (TPSA) is 29.0 Å². The van der Waals surface area contributed by atoms with E-state index in [1.807, 2.05) is 0 Å². The summed E-state index contributed by atoms with van der Waals surface area (Å²) < 4.78 is 39.1. The first-order valence-corrected chi connectivity index (χ1v) is 6.93. The van der Waals surface area contributed by atoms with Crippen LogP contribution in [0.1, 0.15) is 5.56 Å². The molecular formula is C13H12F3N3S. The van der Waals surface area contributed by atoms with Crippen molar-refractivity contribution in [3.8, 4) is 0 Å². The van der Waals surface area contributed by atoms with Gasteiger partial charge in [-0.25, -0.2) is 9.97 Å². The van der Waals surface area contributed by atoms with E-state index in [1.54, 1.807) is 43.6 Å². The number of rotatable bonds is 3. The molecule has 0 saturated heterocycles. The van der Waals surface area contributed by atoms with Crippen molar-refractivity contribution in [1.82, 2.24) is 9.97 Å². The van der Waals surface area contributed by atoms with E-state index in [0.29, 0.717) is 10.8 Å². The molecule has 7 heteroatoms. The van der Waals surface area contributed by atoms with Gasteiger partial charge in [-0.1, -0.05) is 30.0 Å². The minimum Gasteiger partial charge on any atom is -0.329 e. The second-order valence-corrected chi connectivity index (χ2v) is 4.76. The van der Waals surface area contributed by atoms with Gasteiger partial charge in [-0.15, -0.1) is 0 Å². The van der Waals surface area contributed by atoms with Gasteiger partial charge in [0.2, 0.25) is 0 Å². The Hall–Kier alpha value is -1.76. The molecule has 106 valence electrons. The molecule has 0 bridgehead atoms. The molecule has 3 nitrogen and oxygen atoms in total. The maximum Gasteiger partial charge on any atom is 0.421 e. The van der Waals surface area contributed by atoms with Crippen molar-refractivity contribution in [2.24, 2.45) is 0 Å². The third-order valence-electron chi connectivity index (χ3n) is 2.70. The number of halogens is 3. The van der Waals surface area contributed by atoms with Gasteiger partial charge in [-0.3, -0.25) is 0 Å². The van der Waals surface area contributed by atoms with Crippen LogP contribution in [0.2, 0.25) is 0 Å². The number of benzene rings is 1. The van der Waals surface area contributed by atoms with E-state index in [2.05, 4.69) is 9.97 Å². The summed E-state index contributed by atoms with van der Waals surface area (Å²) >= 11 is 1.20. The highest BCUT2D eigenvalue weighted by molar-refractivity contribution is 7.98. The Balaban J connectivity index is 2.53. The third-order valence-corrected chi connectivity index (χ3v) is 3.26. The first-order valence-electron chi connectivity index (χ1n) is 5.70. The van der Waals surface area contributed by atoms with Gasteiger partial charge in [-0.2, -0.15) is 13.2 Å². The van der Waals surface area contributed by atoms with Gasteiger partial charge in [0.25, 0.3) is 0 Å². The zero-order valence-corrected chi connectivity index (χ0v) is 11.7. The molecule has 1 heterocycles. The van der Waals surface area contributed by atoms with E-state index >= 15 is 0 Å². The second kappa shape index (κ2) is 5.70. The number of hydrogen-bond donors (Lipinski definition) is 0. The monoisotopic (exact) mass is 299 g/mol. The van der Waals surface area contributed by atoms with Gasteiger partial charge >= 0.3 is 6.18 Å². The molecule has 0 aliphatic rings. The van der Waals surface area contributed by atoms with E-state index < -0.39 is 11.7 Å². The lowest BCUT2D eigenvalue weighted by molar-refractivity contribution is -0.137. The minimum absolute atomic E-state index is 0.150. The molecule has 0 spiro atoms. The van der Waals surface area contributed by atoms with Gasteiger partial charge in [0.1, 0.15) is 11.4 Å². The molecule has 0 atom stereocenters. The lowest BCUT2D eigenvalue weighted by Gasteiger charge is -2.22. The average Bonchev–Trinajstić information content (AvgIpc) is 2.45. The van der Waals surface area contributed by atoms with Crippen LogP contribution >= 0.6 is 11.8 Å². The zero-order valence-electron chi connectivity index (χ0n) is 10.8. The number of thioether (sulfide) groups is 1. The van der Waals surface area contributed by atoms with E-state index in [-0.39, 0.29) is 5.82 Å². The van der Waals surface area contributed by atoms with Crippen LogP contribution in [0.15, 0.2) is 41.7 Å². The number of hydrogen-bond acceptors (Lipinski definition) is 4. The van der Waals surface area contributed by atoms with Crippen molar-refractivity contribution in [3.05, 3.63) is 42.1 Å². The van der Waals surface area contributed by atoms with Gasteiger partial charge in [0, 0.05) is 18.9 Å². The lowest BCUT2D eigenvalue weighted by Crippen LogP contribution is -2.19. The SMILES string of the molecule is CSc1ncc(C(F)(F)F)c(N(C)c2ccccc2)n1. The van der Waals surface area contributed by atoms with Crippen molar-refractivity contribution < 1.29 is 13.2 Å². The summed E-state index contributed by atoms with van der Waals surface area (Å²) in [6.45, 7) is 0. The van der Waals surface area contributed by atoms with Gasteiger partial charge in [-0.05, 0) is 18.4 Å². The largest absolute Gasteiger partial charge is 0.421 e. The van der Waals surface area contributed by atoms with Crippen LogP contribution in [0.25, 0.3) is 0 Å². The Morgan fingerprint density at radius 3 is 2.35 bits per heavy atom. The van der Waals surface area contributed by atoms with Crippen LogP contribution in [0, 0.1) is 0 Å². The molecule has 0 N–H and O–H groups in total. The number of aromatic nitrogens is 2. The normalized spacial score (nSPS) is 11.4. The van der Waals surface area contributed by atoms with Gasteiger partial charge in [0.15, 0.2) is 5.16 Å². The van der Waals surface area contributed by atoms with E-state index in [4.69, 9.17) is 0 Å². The number of anilines is 2. The predicted octanol–water partition coefficient (Wildman–Crippen LogP) is 3.99. The molecular weight excluding hydrogens is 287 g/mol. The standard InChI is InChI=1S/C13H12F3N3S/c1-19(9-6-4-3-5-7-9)11-10(13(14,15)16)8-17-12(18-11)20-2/h3-8H,1-2H3. The van der Waals surface area contributed by atoms with Crippen LogP contribution in [0.3, 0.4) is 0 Å². The third kappa shape index (κ3) is 3.04. The number of nitrogens with zero attached hydrogens (tertiary/aromatic N) is 3. The molecule has 0 unspecified atom stereocenters. The van der Waals surface area contributed by atoms with Crippen LogP contribution in [0.4, 0.5) is 24.7 Å². The van der Waals surface area contributed by atoms with Gasteiger partial charge < -0.3 is 4.90 Å². The Kier molecular flexibility index (Phi) is 4.17. The summed E-state index contributed by atoms with van der Waals surface area (Å²) in [6.07, 6.45) is -1.95. The molecule has 0 radical (unpaired) electrons. The van der Waals surface area contributed by atoms with Crippen molar-refractivity contribution in [2.75, 3.05) is 18.2 Å². The molecule has 0 aliphatic carbocycles. The minimum atomic E-state index is -4.49. The molecule has 0 aliphatic heterocycles. The summed E-state index contributed by atoms with van der Waals surface area (Å²) in [4.78, 5) is 9.10. The van der Waals surface area contributed by atoms with Crippen LogP contribution in [-0.4, -0.2) is 23.3 Å². The fourth-order valence-electron chi connectivity index (χ4n) is 1.69. The quantitative estimate of drug-likeness (QED) is 0.633. The van der Waals surface area contributed by atoms with Crippen LogP contribution in [-0.2, 0) is 6.18 Å². The zero-order chi connectivity index (χ0) is 14.8. The summed E-state index contributed by atoms with van der Waals surface area (Å²) in [5, 5.41) is 0.302. The highest BCUT2D eigenvalue weighted by atomic mass is 32.2. The Labute approximate surface area is 118 Å². The maximum atomic E-state index is 13.0. The summed E-state index contributed by atoms with van der Waals surface area (Å²) in [5.74, 6) is -0.150. The predicted molar refractivity (Wildman–Crippen MR) is 73.3 cm³/mol. The van der Waals surface area contributed by atoms with Crippen molar-refractivity contribution in [1.29, 1.82) is 0 Å². The first-order chi connectivity index (χ1) is 9.43. The molecule has 1 aromatic heterocycles. The molecule has 2 rings (SSSR count). The Bertz CT molecular complexity index is 587.